The van der Waals surface area contributed by atoms with E-state index < -0.39 is 12.0 Å². The smallest absolute Gasteiger partial charge is 0.266 e. The van der Waals surface area contributed by atoms with Crippen LogP contribution in [0.5, 0.6) is 0 Å². The first kappa shape index (κ1) is 10.8. The van der Waals surface area contributed by atoms with Crippen molar-refractivity contribution in [2.45, 2.75) is 13.0 Å². The number of aromatic nitrogens is 1. The van der Waals surface area contributed by atoms with Gasteiger partial charge in [-0.25, -0.2) is 13.8 Å². The fourth-order valence-electron chi connectivity index (χ4n) is 1.07. The molecule has 0 bridgehead atoms. The summed E-state index contributed by atoms with van der Waals surface area (Å²) in [5, 5.41) is 8.59. The van der Waals surface area contributed by atoms with Crippen LogP contribution in [-0.4, -0.2) is 4.98 Å². The molecule has 0 radical (unpaired) electrons. The number of nitriles is 1. The molecular formula is C8H6ClF2N3. The molecule has 0 saturated heterocycles. The number of rotatable bonds is 2. The molecule has 2 N–H and O–H groups in total. The maximum absolute atomic E-state index is 12.5. The molecule has 0 aliphatic rings. The van der Waals surface area contributed by atoms with Crippen LogP contribution in [0.25, 0.3) is 0 Å². The Hall–Kier alpha value is -1.25. The normalized spacial score (nSPS) is 10.3. The van der Waals surface area contributed by atoms with Crippen molar-refractivity contribution in [3.8, 4) is 6.07 Å². The fourth-order valence-corrected chi connectivity index (χ4v) is 1.28. The zero-order chi connectivity index (χ0) is 10.7. The number of alkyl halides is 2. The topological polar surface area (TPSA) is 62.7 Å². The number of halogens is 3. The van der Waals surface area contributed by atoms with Crippen molar-refractivity contribution in [1.82, 2.24) is 4.98 Å². The van der Waals surface area contributed by atoms with Crippen LogP contribution in [0.15, 0.2) is 6.07 Å². The molecular weight excluding hydrogens is 212 g/mol. The van der Waals surface area contributed by atoms with Gasteiger partial charge >= 0.3 is 0 Å². The Kier molecular flexibility index (Phi) is 3.33. The Morgan fingerprint density at radius 1 is 1.64 bits per heavy atom. The van der Waals surface area contributed by atoms with Crippen molar-refractivity contribution in [3.05, 3.63) is 28.0 Å². The molecule has 6 heteroatoms. The third-order valence-corrected chi connectivity index (χ3v) is 1.83. The van der Waals surface area contributed by atoms with Gasteiger partial charge in [0.15, 0.2) is 0 Å². The predicted octanol–water partition coefficient (Wildman–Crippen LogP) is 2.00. The molecule has 0 unspecified atom stereocenters. The minimum atomic E-state index is -2.77. The summed E-state index contributed by atoms with van der Waals surface area (Å²) in [7, 11) is 0. The summed E-state index contributed by atoms with van der Waals surface area (Å²) in [6.45, 7) is -0.172. The van der Waals surface area contributed by atoms with Crippen LogP contribution >= 0.6 is 11.6 Å². The molecule has 0 aromatic carbocycles. The van der Waals surface area contributed by atoms with Crippen LogP contribution in [0.1, 0.15) is 23.2 Å². The molecule has 14 heavy (non-hydrogen) atoms. The number of nitrogens with zero attached hydrogens (tertiary/aromatic N) is 2. The number of hydrogen-bond donors (Lipinski definition) is 1. The van der Waals surface area contributed by atoms with Crippen LogP contribution in [0.3, 0.4) is 0 Å². The largest absolute Gasteiger partial charge is 0.325 e. The highest BCUT2D eigenvalue weighted by molar-refractivity contribution is 6.29. The molecule has 1 rings (SSSR count). The highest BCUT2D eigenvalue weighted by atomic mass is 35.5. The van der Waals surface area contributed by atoms with E-state index in [2.05, 4.69) is 4.98 Å². The lowest BCUT2D eigenvalue weighted by molar-refractivity contribution is 0.149. The van der Waals surface area contributed by atoms with Gasteiger partial charge in [0.05, 0.1) is 22.9 Å². The second-order valence-electron chi connectivity index (χ2n) is 2.47. The zero-order valence-corrected chi connectivity index (χ0v) is 7.72. The molecule has 0 fully saturated rings. The van der Waals surface area contributed by atoms with E-state index in [0.717, 1.165) is 6.07 Å². The molecule has 0 saturated carbocycles. The molecule has 0 spiro atoms. The van der Waals surface area contributed by atoms with Crippen LogP contribution in [0, 0.1) is 11.3 Å². The first-order chi connectivity index (χ1) is 6.60. The van der Waals surface area contributed by atoms with Crippen LogP contribution < -0.4 is 5.73 Å². The molecule has 0 amide bonds. The maximum Gasteiger partial charge on any atom is 0.266 e. The third kappa shape index (κ3) is 1.97. The summed E-state index contributed by atoms with van der Waals surface area (Å²) in [6, 6.07) is 2.73. The van der Waals surface area contributed by atoms with E-state index in [1.807, 2.05) is 0 Å². The van der Waals surface area contributed by atoms with E-state index in [-0.39, 0.29) is 23.0 Å². The summed E-state index contributed by atoms with van der Waals surface area (Å²) in [4.78, 5) is 3.63. The summed E-state index contributed by atoms with van der Waals surface area (Å²) in [6.07, 6.45) is -2.77. The van der Waals surface area contributed by atoms with Gasteiger partial charge in [-0.1, -0.05) is 11.6 Å². The molecule has 74 valence electrons. The van der Waals surface area contributed by atoms with E-state index in [0.29, 0.717) is 0 Å². The van der Waals surface area contributed by atoms with Gasteiger partial charge < -0.3 is 5.73 Å². The average Bonchev–Trinajstić information content (AvgIpc) is 2.15. The van der Waals surface area contributed by atoms with E-state index >= 15 is 0 Å². The van der Waals surface area contributed by atoms with Crippen molar-refractivity contribution in [2.24, 2.45) is 5.73 Å². The van der Waals surface area contributed by atoms with Crippen LogP contribution in [0.4, 0.5) is 8.78 Å². The van der Waals surface area contributed by atoms with E-state index in [1.54, 1.807) is 6.07 Å². The quantitative estimate of drug-likeness (QED) is 0.771. The highest BCUT2D eigenvalue weighted by Crippen LogP contribution is 2.27. The molecule has 0 atom stereocenters. The Morgan fingerprint density at radius 3 is 2.71 bits per heavy atom. The van der Waals surface area contributed by atoms with Gasteiger partial charge in [-0.15, -0.1) is 0 Å². The zero-order valence-electron chi connectivity index (χ0n) is 6.97. The van der Waals surface area contributed by atoms with E-state index in [4.69, 9.17) is 22.6 Å². The van der Waals surface area contributed by atoms with Gasteiger partial charge in [0.25, 0.3) is 6.43 Å². The molecule has 0 aliphatic carbocycles. The summed E-state index contributed by atoms with van der Waals surface area (Å²) >= 11 is 5.52. The Labute approximate surface area is 84.1 Å². The highest BCUT2D eigenvalue weighted by Gasteiger charge is 2.19. The molecule has 0 aliphatic heterocycles. The second-order valence-corrected chi connectivity index (χ2v) is 2.86. The van der Waals surface area contributed by atoms with Gasteiger partial charge in [0.2, 0.25) is 0 Å². The van der Waals surface area contributed by atoms with Crippen LogP contribution in [0.2, 0.25) is 5.15 Å². The van der Waals surface area contributed by atoms with Crippen molar-refractivity contribution in [3.63, 3.8) is 0 Å². The Bertz CT molecular complexity index is 387. The minimum Gasteiger partial charge on any atom is -0.325 e. The average molecular weight is 218 g/mol. The van der Waals surface area contributed by atoms with Gasteiger partial charge in [-0.3, -0.25) is 0 Å². The summed E-state index contributed by atoms with van der Waals surface area (Å²) in [5.74, 6) is 0. The van der Waals surface area contributed by atoms with Crippen molar-refractivity contribution < 1.29 is 8.78 Å². The predicted molar refractivity (Wildman–Crippen MR) is 46.8 cm³/mol. The first-order valence-electron chi connectivity index (χ1n) is 3.67. The van der Waals surface area contributed by atoms with Gasteiger partial charge in [0.1, 0.15) is 5.15 Å². The lowest BCUT2D eigenvalue weighted by atomic mass is 10.1. The number of hydrogen-bond acceptors (Lipinski definition) is 3. The van der Waals surface area contributed by atoms with E-state index in [1.165, 1.54) is 0 Å². The molecule has 1 heterocycles. The Morgan fingerprint density at radius 2 is 2.29 bits per heavy atom. The van der Waals surface area contributed by atoms with Gasteiger partial charge in [-0.2, -0.15) is 5.26 Å². The second kappa shape index (κ2) is 4.31. The summed E-state index contributed by atoms with van der Waals surface area (Å²) in [5.41, 5.74) is 4.57. The lowest BCUT2D eigenvalue weighted by Gasteiger charge is -2.08. The third-order valence-electron chi connectivity index (χ3n) is 1.64. The van der Waals surface area contributed by atoms with Crippen LogP contribution in [-0.2, 0) is 6.54 Å². The lowest BCUT2D eigenvalue weighted by Crippen LogP contribution is -2.07. The molecule has 3 nitrogen and oxygen atoms in total. The minimum absolute atomic E-state index is 0.00796. The van der Waals surface area contributed by atoms with E-state index in [9.17, 15) is 8.78 Å². The number of pyridine rings is 1. The molecule has 1 aromatic rings. The van der Waals surface area contributed by atoms with Gasteiger partial charge in [-0.05, 0) is 6.07 Å². The van der Waals surface area contributed by atoms with Crippen molar-refractivity contribution in [1.29, 1.82) is 5.26 Å². The Balaban J connectivity index is 3.42. The van der Waals surface area contributed by atoms with Crippen molar-refractivity contribution >= 4 is 11.6 Å². The monoisotopic (exact) mass is 217 g/mol. The number of nitrogens with two attached hydrogens (primary N) is 1. The summed E-state index contributed by atoms with van der Waals surface area (Å²) < 4.78 is 25.0. The fraction of sp³-hybridized carbons (Fsp3) is 0.250. The standard InChI is InChI=1S/C8H6ClF2N3/c9-6-1-4(2-12)7(8(10)11)5(3-13)14-6/h1,8H,3,13H2. The first-order valence-corrected chi connectivity index (χ1v) is 4.05. The maximum atomic E-state index is 12.5. The van der Waals surface area contributed by atoms with Gasteiger partial charge in [0, 0.05) is 6.54 Å². The van der Waals surface area contributed by atoms with Crippen molar-refractivity contribution in [2.75, 3.05) is 0 Å². The molecule has 1 aromatic heterocycles. The SMILES string of the molecule is N#Cc1cc(Cl)nc(CN)c1C(F)F.